The summed E-state index contributed by atoms with van der Waals surface area (Å²) in [5.41, 5.74) is 3.65. The van der Waals surface area contributed by atoms with Gasteiger partial charge in [-0.2, -0.15) is 10.4 Å². The van der Waals surface area contributed by atoms with Gasteiger partial charge < -0.3 is 10.1 Å². The predicted octanol–water partition coefficient (Wildman–Crippen LogP) is 3.46. The standard InChI is InChI=1S/C26H26N4O4S/c1-3-34-24-10-9-19(13-18(24)2)25-21(16-30(29-25)23-7-5-4-6-8-23)14-20(15-27)26(31)28-22-11-12-35(32,33)17-22/h4-10,13-14,16,22H,3,11-12,17H2,1-2H3,(H,28,31)/b20-14+/t22-/m0/s1. The van der Waals surface area contributed by atoms with Gasteiger partial charge in [0, 0.05) is 23.4 Å². The van der Waals surface area contributed by atoms with E-state index in [2.05, 4.69) is 5.32 Å². The molecule has 2 aromatic carbocycles. The van der Waals surface area contributed by atoms with Crippen molar-refractivity contribution in [2.24, 2.45) is 0 Å². The van der Waals surface area contributed by atoms with Crippen LogP contribution in [0.2, 0.25) is 0 Å². The molecule has 1 fully saturated rings. The highest BCUT2D eigenvalue weighted by Crippen LogP contribution is 2.30. The van der Waals surface area contributed by atoms with Crippen molar-refractivity contribution in [3.63, 3.8) is 0 Å². The molecule has 35 heavy (non-hydrogen) atoms. The summed E-state index contributed by atoms with van der Waals surface area (Å²) in [5, 5.41) is 17.1. The average molecular weight is 491 g/mol. The Morgan fingerprint density at radius 2 is 2.06 bits per heavy atom. The maximum atomic E-state index is 12.8. The van der Waals surface area contributed by atoms with Gasteiger partial charge >= 0.3 is 0 Å². The van der Waals surface area contributed by atoms with Gasteiger partial charge in [-0.05, 0) is 62.2 Å². The fourth-order valence-corrected chi connectivity index (χ4v) is 5.69. The van der Waals surface area contributed by atoms with Gasteiger partial charge in [-0.15, -0.1) is 0 Å². The van der Waals surface area contributed by atoms with Crippen LogP contribution < -0.4 is 10.1 Å². The molecule has 2 heterocycles. The third kappa shape index (κ3) is 5.61. The molecule has 0 saturated carbocycles. The summed E-state index contributed by atoms with van der Waals surface area (Å²) in [6, 6.07) is 16.7. The number of ether oxygens (including phenoxy) is 1. The number of carbonyl (C=O) groups is 1. The number of nitrogens with one attached hydrogen (secondary N) is 1. The van der Waals surface area contributed by atoms with Crippen LogP contribution in [0.1, 0.15) is 24.5 Å². The van der Waals surface area contributed by atoms with E-state index in [9.17, 15) is 18.5 Å². The van der Waals surface area contributed by atoms with E-state index in [0.29, 0.717) is 24.3 Å². The number of carbonyl (C=O) groups excluding carboxylic acids is 1. The molecule has 0 radical (unpaired) electrons. The third-order valence-electron chi connectivity index (χ3n) is 5.74. The number of para-hydroxylation sites is 1. The van der Waals surface area contributed by atoms with Crippen molar-refractivity contribution in [1.29, 1.82) is 5.26 Å². The molecule has 1 atom stereocenters. The maximum absolute atomic E-state index is 12.8. The van der Waals surface area contributed by atoms with Gasteiger partial charge in [0.05, 0.1) is 23.8 Å². The van der Waals surface area contributed by atoms with E-state index < -0.39 is 21.8 Å². The average Bonchev–Trinajstić information content (AvgIpc) is 3.42. The van der Waals surface area contributed by atoms with Crippen LogP contribution in [0.15, 0.2) is 60.3 Å². The molecule has 1 saturated heterocycles. The summed E-state index contributed by atoms with van der Waals surface area (Å²) in [6.07, 6.45) is 3.60. The second-order valence-electron chi connectivity index (χ2n) is 8.37. The molecular formula is C26H26N4O4S. The number of amides is 1. The monoisotopic (exact) mass is 490 g/mol. The summed E-state index contributed by atoms with van der Waals surface area (Å²) >= 11 is 0. The van der Waals surface area contributed by atoms with E-state index in [1.165, 1.54) is 6.08 Å². The van der Waals surface area contributed by atoms with Crippen molar-refractivity contribution in [2.45, 2.75) is 26.3 Å². The van der Waals surface area contributed by atoms with E-state index in [4.69, 9.17) is 9.84 Å². The molecule has 4 rings (SSSR count). The number of rotatable bonds is 7. The van der Waals surface area contributed by atoms with Crippen molar-refractivity contribution < 1.29 is 17.9 Å². The zero-order valence-corrected chi connectivity index (χ0v) is 20.4. The molecule has 1 N–H and O–H groups in total. The number of hydrogen-bond acceptors (Lipinski definition) is 6. The molecule has 9 heteroatoms. The number of sulfone groups is 1. The third-order valence-corrected chi connectivity index (χ3v) is 7.51. The Morgan fingerprint density at radius 3 is 2.69 bits per heavy atom. The first kappa shape index (κ1) is 24.2. The molecule has 3 aromatic rings. The van der Waals surface area contributed by atoms with Gasteiger partial charge in [0.25, 0.3) is 5.91 Å². The van der Waals surface area contributed by atoms with E-state index >= 15 is 0 Å². The van der Waals surface area contributed by atoms with Crippen LogP contribution in [0.25, 0.3) is 23.0 Å². The Balaban J connectivity index is 1.73. The lowest BCUT2D eigenvalue weighted by Gasteiger charge is -2.10. The minimum Gasteiger partial charge on any atom is -0.494 e. The van der Waals surface area contributed by atoms with E-state index in [1.54, 1.807) is 10.9 Å². The van der Waals surface area contributed by atoms with E-state index in [1.807, 2.05) is 68.4 Å². The Hall–Kier alpha value is -3.90. The predicted molar refractivity (Wildman–Crippen MR) is 134 cm³/mol. The fourth-order valence-electron chi connectivity index (χ4n) is 4.02. The lowest BCUT2D eigenvalue weighted by Crippen LogP contribution is -2.36. The smallest absolute Gasteiger partial charge is 0.262 e. The maximum Gasteiger partial charge on any atom is 0.262 e. The summed E-state index contributed by atoms with van der Waals surface area (Å²) < 4.78 is 30.8. The van der Waals surface area contributed by atoms with Crippen molar-refractivity contribution in [1.82, 2.24) is 15.1 Å². The van der Waals surface area contributed by atoms with Crippen LogP contribution in [0.3, 0.4) is 0 Å². The highest BCUT2D eigenvalue weighted by atomic mass is 32.2. The van der Waals surface area contributed by atoms with Crippen molar-refractivity contribution in [2.75, 3.05) is 18.1 Å². The molecule has 0 bridgehead atoms. The zero-order chi connectivity index (χ0) is 25.0. The first-order valence-electron chi connectivity index (χ1n) is 11.3. The van der Waals surface area contributed by atoms with Crippen molar-refractivity contribution in [3.05, 3.63) is 71.4 Å². The number of aromatic nitrogens is 2. The second kappa shape index (κ2) is 10.2. The number of aryl methyl sites for hydroxylation is 1. The summed E-state index contributed by atoms with van der Waals surface area (Å²) in [4.78, 5) is 12.8. The lowest BCUT2D eigenvalue weighted by atomic mass is 10.0. The van der Waals surface area contributed by atoms with Gasteiger partial charge in [-0.1, -0.05) is 18.2 Å². The van der Waals surface area contributed by atoms with Gasteiger partial charge in [-0.25, -0.2) is 13.1 Å². The molecule has 180 valence electrons. The minimum atomic E-state index is -3.16. The van der Waals surface area contributed by atoms with Crippen molar-refractivity contribution in [3.8, 4) is 28.8 Å². The normalized spacial score (nSPS) is 17.1. The van der Waals surface area contributed by atoms with Crippen LogP contribution in [0.4, 0.5) is 0 Å². The van der Waals surface area contributed by atoms with Gasteiger partial charge in [-0.3, -0.25) is 4.79 Å². The first-order chi connectivity index (χ1) is 16.8. The molecule has 1 aliphatic heterocycles. The summed E-state index contributed by atoms with van der Waals surface area (Å²) in [5.74, 6) is 0.102. The summed E-state index contributed by atoms with van der Waals surface area (Å²) in [6.45, 7) is 4.43. The fraction of sp³-hybridized carbons (Fsp3) is 0.269. The number of benzene rings is 2. The molecule has 1 amide bonds. The largest absolute Gasteiger partial charge is 0.494 e. The van der Waals surface area contributed by atoms with Crippen molar-refractivity contribution >= 4 is 21.8 Å². The SMILES string of the molecule is CCOc1ccc(-c2nn(-c3ccccc3)cc2/C=C(\C#N)C(=O)N[C@H]2CCS(=O)(=O)C2)cc1C. The van der Waals surface area contributed by atoms with E-state index in [-0.39, 0.29) is 17.1 Å². The topological polar surface area (TPSA) is 114 Å². The first-order valence-corrected chi connectivity index (χ1v) is 13.1. The van der Waals surface area contributed by atoms with Gasteiger partial charge in [0.2, 0.25) is 0 Å². The molecule has 0 aliphatic carbocycles. The molecule has 0 spiro atoms. The molecule has 8 nitrogen and oxygen atoms in total. The van der Waals surface area contributed by atoms with Crippen LogP contribution in [-0.2, 0) is 14.6 Å². The lowest BCUT2D eigenvalue weighted by molar-refractivity contribution is -0.117. The molecular weight excluding hydrogens is 464 g/mol. The Bertz CT molecular complexity index is 1420. The quantitative estimate of drug-likeness (QED) is 0.401. The number of nitriles is 1. The summed E-state index contributed by atoms with van der Waals surface area (Å²) in [7, 11) is -3.16. The minimum absolute atomic E-state index is 0.0363. The highest BCUT2D eigenvalue weighted by Gasteiger charge is 2.29. The Labute approximate surface area is 204 Å². The Kier molecular flexibility index (Phi) is 7.03. The van der Waals surface area contributed by atoms with Crippen LogP contribution in [0, 0.1) is 18.3 Å². The number of nitrogens with zero attached hydrogens (tertiary/aromatic N) is 3. The van der Waals surface area contributed by atoms with Gasteiger partial charge in [0.15, 0.2) is 9.84 Å². The second-order valence-corrected chi connectivity index (χ2v) is 10.6. The van der Waals surface area contributed by atoms with Crippen LogP contribution >= 0.6 is 0 Å². The Morgan fingerprint density at radius 1 is 1.29 bits per heavy atom. The van der Waals surface area contributed by atoms with E-state index in [0.717, 1.165) is 22.6 Å². The molecule has 0 unspecified atom stereocenters. The zero-order valence-electron chi connectivity index (χ0n) is 19.6. The van der Waals surface area contributed by atoms with Gasteiger partial charge in [0.1, 0.15) is 23.1 Å². The molecule has 1 aliphatic rings. The molecule has 1 aromatic heterocycles. The van der Waals surface area contributed by atoms with Crippen LogP contribution in [0.5, 0.6) is 5.75 Å². The van der Waals surface area contributed by atoms with Crippen LogP contribution in [-0.4, -0.2) is 48.3 Å². The number of hydrogen-bond donors (Lipinski definition) is 1. The highest BCUT2D eigenvalue weighted by molar-refractivity contribution is 7.91.